The fourth-order valence-corrected chi connectivity index (χ4v) is 5.11. The van der Waals surface area contributed by atoms with Crippen molar-refractivity contribution in [1.29, 1.82) is 0 Å². The number of phenolic OH excluding ortho intramolecular Hbond substituents is 1. The minimum Gasteiger partial charge on any atom is -0.507 e. The Hall–Kier alpha value is -3.15. The van der Waals surface area contributed by atoms with Gasteiger partial charge in [-0.1, -0.05) is 18.2 Å². The van der Waals surface area contributed by atoms with Crippen molar-refractivity contribution in [3.63, 3.8) is 0 Å². The number of hydrogen-bond donors (Lipinski definition) is 4. The molecule has 0 aliphatic carbocycles. The van der Waals surface area contributed by atoms with Gasteiger partial charge in [0.25, 0.3) is 10.1 Å². The van der Waals surface area contributed by atoms with E-state index in [0.29, 0.717) is 0 Å². The molecule has 0 unspecified atom stereocenters. The molecule has 0 aromatic heterocycles. The predicted octanol–water partition coefficient (Wildman–Crippen LogP) is 2.38. The van der Waals surface area contributed by atoms with Crippen LogP contribution >= 0.6 is 0 Å². The first-order valence-corrected chi connectivity index (χ1v) is 13.5. The molecule has 0 amide bonds. The summed E-state index contributed by atoms with van der Waals surface area (Å²) in [5.41, 5.74) is 5.70. The zero-order valence-electron chi connectivity index (χ0n) is 16.9. The van der Waals surface area contributed by atoms with Crippen molar-refractivity contribution in [2.24, 2.45) is 10.2 Å². The number of nitrogens with two attached hydrogens (primary N) is 1. The van der Waals surface area contributed by atoms with E-state index in [4.69, 9.17) is 10.3 Å². The van der Waals surface area contributed by atoms with Gasteiger partial charge in [0.15, 0.2) is 9.84 Å². The lowest BCUT2D eigenvalue weighted by molar-refractivity contribution is 0.284. The number of nitrogen functional groups attached to an aromatic ring is 1. The molecule has 0 saturated carbocycles. The SMILES string of the molecule is Nc1ccc2cc(S(=O)(=O)O)cc(O)c2c1N=Nc1ccccc1S(=O)(=O)CCOS(=O)(=O)O. The van der Waals surface area contributed by atoms with Gasteiger partial charge in [0, 0.05) is 6.07 Å². The van der Waals surface area contributed by atoms with Gasteiger partial charge < -0.3 is 10.8 Å². The molecule has 16 heteroatoms. The lowest BCUT2D eigenvalue weighted by atomic mass is 10.1. The number of phenols is 1. The lowest BCUT2D eigenvalue weighted by Gasteiger charge is -2.09. The highest BCUT2D eigenvalue weighted by molar-refractivity contribution is 7.91. The number of rotatable bonds is 8. The molecule has 0 atom stereocenters. The van der Waals surface area contributed by atoms with E-state index in [0.717, 1.165) is 12.1 Å². The quantitative estimate of drug-likeness (QED) is 0.187. The Labute approximate surface area is 194 Å². The van der Waals surface area contributed by atoms with Crippen LogP contribution in [-0.4, -0.2) is 51.8 Å². The standard InChI is InChI=1S/C18H17N3O10S3/c19-13-6-5-11-9-12(33(25,26)27)10-15(22)17(11)18(13)21-20-14-3-1-2-4-16(14)32(23,24)8-7-31-34(28,29)30/h1-6,9-10,22H,7-8,19H2,(H,25,26,27)(H,28,29,30). The van der Waals surface area contributed by atoms with E-state index in [-0.39, 0.29) is 32.7 Å². The molecular weight excluding hydrogens is 514 g/mol. The third-order valence-corrected chi connectivity index (χ3v) is 7.43. The van der Waals surface area contributed by atoms with Crippen LogP contribution in [0, 0.1) is 0 Å². The van der Waals surface area contributed by atoms with Crippen molar-refractivity contribution < 1.29 is 43.6 Å². The van der Waals surface area contributed by atoms with E-state index in [1.54, 1.807) is 0 Å². The Morgan fingerprint density at radius 2 is 1.59 bits per heavy atom. The van der Waals surface area contributed by atoms with Gasteiger partial charge in [-0.25, -0.2) is 12.6 Å². The van der Waals surface area contributed by atoms with Crippen molar-refractivity contribution >= 4 is 58.2 Å². The van der Waals surface area contributed by atoms with E-state index in [2.05, 4.69) is 14.4 Å². The van der Waals surface area contributed by atoms with Crippen molar-refractivity contribution in [2.75, 3.05) is 18.1 Å². The monoisotopic (exact) mass is 531 g/mol. The first kappa shape index (κ1) is 25.5. The van der Waals surface area contributed by atoms with E-state index >= 15 is 0 Å². The molecule has 0 spiro atoms. The van der Waals surface area contributed by atoms with Crippen LogP contribution in [0.25, 0.3) is 10.8 Å². The average molecular weight is 532 g/mol. The summed E-state index contributed by atoms with van der Waals surface area (Å²) in [4.78, 5) is -0.886. The molecule has 0 radical (unpaired) electrons. The van der Waals surface area contributed by atoms with E-state index in [1.807, 2.05) is 0 Å². The van der Waals surface area contributed by atoms with Crippen LogP contribution in [0.1, 0.15) is 0 Å². The molecule has 3 aromatic rings. The Balaban J connectivity index is 2.06. The third kappa shape index (κ3) is 5.85. The summed E-state index contributed by atoms with van der Waals surface area (Å²) in [7, 11) is -13.6. The zero-order valence-corrected chi connectivity index (χ0v) is 19.4. The third-order valence-electron chi connectivity index (χ3n) is 4.41. The minimum absolute atomic E-state index is 0.00181. The number of benzene rings is 3. The van der Waals surface area contributed by atoms with Crippen molar-refractivity contribution in [1.82, 2.24) is 0 Å². The Kier molecular flexibility index (Phi) is 6.92. The fourth-order valence-electron chi connectivity index (χ4n) is 2.94. The van der Waals surface area contributed by atoms with Crippen LogP contribution in [0.2, 0.25) is 0 Å². The number of fused-ring (bicyclic) bond motifs is 1. The van der Waals surface area contributed by atoms with Crippen LogP contribution in [0.15, 0.2) is 68.6 Å². The van der Waals surface area contributed by atoms with E-state index in [9.17, 15) is 34.9 Å². The number of nitrogens with zero attached hydrogens (tertiary/aromatic N) is 2. The van der Waals surface area contributed by atoms with Gasteiger partial charge in [0.2, 0.25) is 0 Å². The van der Waals surface area contributed by atoms with Crippen LogP contribution in [0.3, 0.4) is 0 Å². The number of aromatic hydroxyl groups is 1. The highest BCUT2D eigenvalue weighted by Gasteiger charge is 2.21. The molecule has 0 aliphatic rings. The highest BCUT2D eigenvalue weighted by atomic mass is 32.3. The van der Waals surface area contributed by atoms with Crippen LogP contribution in [0.5, 0.6) is 5.75 Å². The summed E-state index contributed by atoms with van der Waals surface area (Å²) in [6, 6.07) is 9.96. The summed E-state index contributed by atoms with van der Waals surface area (Å²) in [5, 5.41) is 18.4. The van der Waals surface area contributed by atoms with E-state index in [1.165, 1.54) is 36.4 Å². The lowest BCUT2D eigenvalue weighted by Crippen LogP contribution is -2.15. The molecule has 0 aliphatic heterocycles. The van der Waals surface area contributed by atoms with Gasteiger partial charge in [-0.2, -0.15) is 16.8 Å². The van der Waals surface area contributed by atoms with Crippen LogP contribution in [-0.2, 0) is 34.5 Å². The molecule has 5 N–H and O–H groups in total. The summed E-state index contributed by atoms with van der Waals surface area (Å²) < 4.78 is 91.2. The number of sulfone groups is 1. The zero-order chi connectivity index (χ0) is 25.3. The maximum Gasteiger partial charge on any atom is 0.397 e. The summed E-state index contributed by atoms with van der Waals surface area (Å²) in [6.45, 7) is -0.840. The maximum absolute atomic E-state index is 12.6. The largest absolute Gasteiger partial charge is 0.507 e. The first-order chi connectivity index (χ1) is 15.7. The summed E-state index contributed by atoms with van der Waals surface area (Å²) in [5.74, 6) is -1.37. The van der Waals surface area contributed by atoms with Gasteiger partial charge in [-0.3, -0.25) is 9.11 Å². The second-order valence-electron chi connectivity index (χ2n) is 6.76. The highest BCUT2D eigenvalue weighted by Crippen LogP contribution is 2.40. The molecule has 34 heavy (non-hydrogen) atoms. The number of hydrogen-bond acceptors (Lipinski definition) is 11. The normalized spacial score (nSPS) is 13.0. The molecule has 0 heterocycles. The molecule has 13 nitrogen and oxygen atoms in total. The Morgan fingerprint density at radius 3 is 2.24 bits per heavy atom. The van der Waals surface area contributed by atoms with E-state index < -0.39 is 53.4 Å². The fraction of sp³-hybridized carbons (Fsp3) is 0.111. The summed E-state index contributed by atoms with van der Waals surface area (Å²) in [6.07, 6.45) is 0. The predicted molar refractivity (Wildman–Crippen MR) is 120 cm³/mol. The van der Waals surface area contributed by atoms with Gasteiger partial charge in [-0.05, 0) is 29.7 Å². The van der Waals surface area contributed by atoms with Gasteiger partial charge in [0.1, 0.15) is 17.1 Å². The minimum atomic E-state index is -4.82. The van der Waals surface area contributed by atoms with Gasteiger partial charge >= 0.3 is 10.4 Å². The topological polar surface area (TPSA) is 223 Å². The maximum atomic E-state index is 12.6. The number of azo groups is 1. The molecule has 3 aromatic carbocycles. The molecule has 182 valence electrons. The van der Waals surface area contributed by atoms with Crippen molar-refractivity contribution in [3.05, 3.63) is 48.5 Å². The second-order valence-corrected chi connectivity index (χ2v) is 11.3. The second kappa shape index (κ2) is 9.24. The molecule has 0 saturated heterocycles. The van der Waals surface area contributed by atoms with Crippen LogP contribution < -0.4 is 5.73 Å². The van der Waals surface area contributed by atoms with Crippen molar-refractivity contribution in [3.8, 4) is 5.75 Å². The molecular formula is C18H17N3O10S3. The average Bonchev–Trinajstić information content (AvgIpc) is 2.71. The Bertz CT molecular complexity index is 1620. The van der Waals surface area contributed by atoms with Gasteiger partial charge in [-0.15, -0.1) is 10.2 Å². The van der Waals surface area contributed by atoms with Gasteiger partial charge in [0.05, 0.1) is 33.2 Å². The smallest absolute Gasteiger partial charge is 0.397 e. The first-order valence-electron chi connectivity index (χ1n) is 9.07. The molecule has 0 bridgehead atoms. The summed E-state index contributed by atoms with van der Waals surface area (Å²) >= 11 is 0. The van der Waals surface area contributed by atoms with Crippen LogP contribution in [0.4, 0.5) is 17.1 Å². The number of anilines is 1. The Morgan fingerprint density at radius 1 is 0.912 bits per heavy atom. The van der Waals surface area contributed by atoms with Crippen molar-refractivity contribution in [2.45, 2.75) is 9.79 Å². The molecule has 3 rings (SSSR count). The molecule has 0 fully saturated rings.